The molecular weight excluding hydrogens is 229 g/mol. The molecule has 0 heterocycles. The zero-order valence-corrected chi connectivity index (χ0v) is 12.0. The molecule has 102 valence electrons. The molecule has 0 amide bonds. The van der Waals surface area contributed by atoms with Crippen LogP contribution in [0, 0.1) is 5.82 Å². The number of hydrogen-bond donors (Lipinski definition) is 1. The maximum atomic E-state index is 13.8. The van der Waals surface area contributed by atoms with Crippen molar-refractivity contribution in [2.45, 2.75) is 52.4 Å². The Morgan fingerprint density at radius 3 is 2.33 bits per heavy atom. The highest BCUT2D eigenvalue weighted by Crippen LogP contribution is 2.25. The Kier molecular flexibility index (Phi) is 5.29. The topological polar surface area (TPSA) is 21.3 Å². The van der Waals surface area contributed by atoms with E-state index in [0.29, 0.717) is 18.2 Å². The highest BCUT2D eigenvalue weighted by atomic mass is 19.1. The second-order valence-electron chi connectivity index (χ2n) is 5.80. The largest absolute Gasteiger partial charge is 0.367 e. The standard InChI is InChI=1S/C15H24FNO/c1-11(2)17-10-14(18-15(3,4)5)12-8-6-7-9-13(12)16/h6-9,11,14,17H,10H2,1-5H3. The lowest BCUT2D eigenvalue weighted by molar-refractivity contribution is -0.0625. The summed E-state index contributed by atoms with van der Waals surface area (Å²) in [6.07, 6.45) is -0.270. The van der Waals surface area contributed by atoms with Crippen LogP contribution in [0.3, 0.4) is 0 Å². The van der Waals surface area contributed by atoms with Gasteiger partial charge in [0.2, 0.25) is 0 Å². The molecule has 0 radical (unpaired) electrons. The minimum atomic E-state index is -0.300. The zero-order valence-electron chi connectivity index (χ0n) is 12.0. The summed E-state index contributed by atoms with van der Waals surface area (Å²) in [5.74, 6) is -0.211. The number of rotatable bonds is 5. The predicted molar refractivity (Wildman–Crippen MR) is 73.1 cm³/mol. The normalized spacial score (nSPS) is 13.9. The van der Waals surface area contributed by atoms with Crippen LogP contribution in [-0.4, -0.2) is 18.2 Å². The van der Waals surface area contributed by atoms with Gasteiger partial charge in [0, 0.05) is 18.2 Å². The van der Waals surface area contributed by atoms with Crippen LogP contribution in [0.1, 0.15) is 46.3 Å². The number of halogens is 1. The minimum absolute atomic E-state index is 0.211. The Morgan fingerprint density at radius 2 is 1.83 bits per heavy atom. The molecule has 0 saturated heterocycles. The van der Waals surface area contributed by atoms with Gasteiger partial charge in [0.25, 0.3) is 0 Å². The van der Waals surface area contributed by atoms with Gasteiger partial charge < -0.3 is 10.1 Å². The maximum Gasteiger partial charge on any atom is 0.129 e. The van der Waals surface area contributed by atoms with Gasteiger partial charge in [0.15, 0.2) is 0 Å². The van der Waals surface area contributed by atoms with Crippen molar-refractivity contribution in [1.29, 1.82) is 0 Å². The fraction of sp³-hybridized carbons (Fsp3) is 0.600. The van der Waals surface area contributed by atoms with Gasteiger partial charge in [-0.25, -0.2) is 4.39 Å². The average molecular weight is 253 g/mol. The summed E-state index contributed by atoms with van der Waals surface area (Å²) in [5, 5.41) is 3.30. The van der Waals surface area contributed by atoms with E-state index >= 15 is 0 Å². The van der Waals surface area contributed by atoms with Gasteiger partial charge in [0.05, 0.1) is 11.7 Å². The van der Waals surface area contributed by atoms with E-state index in [1.807, 2.05) is 26.8 Å². The van der Waals surface area contributed by atoms with Crippen LogP contribution >= 0.6 is 0 Å². The van der Waals surface area contributed by atoms with Crippen molar-refractivity contribution in [2.75, 3.05) is 6.54 Å². The fourth-order valence-corrected chi connectivity index (χ4v) is 1.72. The molecule has 0 spiro atoms. The monoisotopic (exact) mass is 253 g/mol. The zero-order chi connectivity index (χ0) is 13.8. The lowest BCUT2D eigenvalue weighted by Crippen LogP contribution is -2.33. The van der Waals surface area contributed by atoms with Crippen molar-refractivity contribution in [1.82, 2.24) is 5.32 Å². The van der Waals surface area contributed by atoms with E-state index in [9.17, 15) is 4.39 Å². The third-order valence-electron chi connectivity index (χ3n) is 2.46. The first-order chi connectivity index (χ1) is 8.29. The Morgan fingerprint density at radius 1 is 1.22 bits per heavy atom. The molecule has 1 aromatic rings. The van der Waals surface area contributed by atoms with Crippen molar-refractivity contribution >= 4 is 0 Å². The molecule has 1 N–H and O–H groups in total. The third-order valence-corrected chi connectivity index (χ3v) is 2.46. The van der Waals surface area contributed by atoms with Crippen molar-refractivity contribution in [3.8, 4) is 0 Å². The van der Waals surface area contributed by atoms with E-state index in [1.54, 1.807) is 12.1 Å². The molecule has 0 aromatic heterocycles. The van der Waals surface area contributed by atoms with Crippen LogP contribution in [0.4, 0.5) is 4.39 Å². The molecular formula is C15H24FNO. The average Bonchev–Trinajstić information content (AvgIpc) is 2.23. The minimum Gasteiger partial charge on any atom is -0.367 e. The quantitative estimate of drug-likeness (QED) is 0.864. The first-order valence-electron chi connectivity index (χ1n) is 6.45. The van der Waals surface area contributed by atoms with E-state index in [0.717, 1.165) is 0 Å². The van der Waals surface area contributed by atoms with E-state index in [4.69, 9.17) is 4.74 Å². The summed E-state index contributed by atoms with van der Waals surface area (Å²) in [6.45, 7) is 10.7. The van der Waals surface area contributed by atoms with Crippen LogP contribution in [0.15, 0.2) is 24.3 Å². The summed E-state index contributed by atoms with van der Waals surface area (Å²) in [6, 6.07) is 7.15. The molecule has 0 aliphatic heterocycles. The molecule has 0 aliphatic carbocycles. The maximum absolute atomic E-state index is 13.8. The van der Waals surface area contributed by atoms with Gasteiger partial charge >= 0.3 is 0 Å². The molecule has 2 nitrogen and oxygen atoms in total. The second-order valence-corrected chi connectivity index (χ2v) is 5.80. The molecule has 0 aliphatic rings. The van der Waals surface area contributed by atoms with Crippen LogP contribution < -0.4 is 5.32 Å². The number of hydrogen-bond acceptors (Lipinski definition) is 2. The van der Waals surface area contributed by atoms with Crippen molar-refractivity contribution in [2.24, 2.45) is 0 Å². The van der Waals surface area contributed by atoms with Gasteiger partial charge in [-0.1, -0.05) is 32.0 Å². The highest BCUT2D eigenvalue weighted by molar-refractivity contribution is 5.20. The van der Waals surface area contributed by atoms with Gasteiger partial charge in [0.1, 0.15) is 5.82 Å². The SMILES string of the molecule is CC(C)NCC(OC(C)(C)C)c1ccccc1F. The summed E-state index contributed by atoms with van der Waals surface area (Å²) in [5.41, 5.74) is 0.312. The molecule has 18 heavy (non-hydrogen) atoms. The molecule has 1 rings (SSSR count). The summed E-state index contributed by atoms with van der Waals surface area (Å²) in [7, 11) is 0. The summed E-state index contributed by atoms with van der Waals surface area (Å²) >= 11 is 0. The predicted octanol–water partition coefficient (Wildman–Crippen LogP) is 3.68. The van der Waals surface area contributed by atoms with Gasteiger partial charge in [-0.2, -0.15) is 0 Å². The van der Waals surface area contributed by atoms with Crippen LogP contribution in [-0.2, 0) is 4.74 Å². The smallest absolute Gasteiger partial charge is 0.129 e. The molecule has 3 heteroatoms. The van der Waals surface area contributed by atoms with Crippen LogP contribution in [0.25, 0.3) is 0 Å². The van der Waals surface area contributed by atoms with Gasteiger partial charge in [-0.05, 0) is 26.8 Å². The number of benzene rings is 1. The Hall–Kier alpha value is -0.930. The first kappa shape index (κ1) is 15.1. The molecule has 1 unspecified atom stereocenters. The van der Waals surface area contributed by atoms with Crippen LogP contribution in [0.2, 0.25) is 0 Å². The van der Waals surface area contributed by atoms with E-state index in [-0.39, 0.29) is 17.5 Å². The van der Waals surface area contributed by atoms with Gasteiger partial charge in [-0.3, -0.25) is 0 Å². The van der Waals surface area contributed by atoms with E-state index in [1.165, 1.54) is 6.07 Å². The van der Waals surface area contributed by atoms with Crippen molar-refractivity contribution in [3.05, 3.63) is 35.6 Å². The summed E-state index contributed by atoms with van der Waals surface area (Å²) < 4.78 is 19.8. The fourth-order valence-electron chi connectivity index (χ4n) is 1.72. The molecule has 0 fully saturated rings. The van der Waals surface area contributed by atoms with Crippen LogP contribution in [0.5, 0.6) is 0 Å². The van der Waals surface area contributed by atoms with E-state index in [2.05, 4.69) is 19.2 Å². The third kappa shape index (κ3) is 5.15. The number of ether oxygens (including phenoxy) is 1. The lowest BCUT2D eigenvalue weighted by atomic mass is 10.1. The highest BCUT2D eigenvalue weighted by Gasteiger charge is 2.22. The molecule has 0 bridgehead atoms. The summed E-state index contributed by atoms with van der Waals surface area (Å²) in [4.78, 5) is 0. The van der Waals surface area contributed by atoms with Gasteiger partial charge in [-0.15, -0.1) is 0 Å². The molecule has 0 saturated carbocycles. The number of nitrogens with one attached hydrogen (secondary N) is 1. The lowest BCUT2D eigenvalue weighted by Gasteiger charge is -2.29. The molecule has 1 atom stereocenters. The van der Waals surface area contributed by atoms with Crippen molar-refractivity contribution in [3.63, 3.8) is 0 Å². The first-order valence-corrected chi connectivity index (χ1v) is 6.45. The molecule has 1 aromatic carbocycles. The Bertz CT molecular complexity index is 371. The Balaban J connectivity index is 2.86. The van der Waals surface area contributed by atoms with Crippen molar-refractivity contribution < 1.29 is 9.13 Å². The van der Waals surface area contributed by atoms with E-state index < -0.39 is 0 Å². The second kappa shape index (κ2) is 6.30. The Labute approximate surface area is 110 Å².